The van der Waals surface area contributed by atoms with Crippen molar-refractivity contribution in [3.63, 3.8) is 0 Å². The second kappa shape index (κ2) is 15.4. The van der Waals surface area contributed by atoms with Crippen molar-refractivity contribution in [1.82, 2.24) is 0 Å². The molecule has 0 aliphatic carbocycles. The quantitative estimate of drug-likeness (QED) is 0.191. The van der Waals surface area contributed by atoms with E-state index in [-0.39, 0.29) is 5.90 Å². The van der Waals surface area contributed by atoms with Crippen LogP contribution < -0.4 is 0 Å². The lowest BCUT2D eigenvalue weighted by Gasteiger charge is -2.22. The lowest BCUT2D eigenvalue weighted by Crippen LogP contribution is -2.05. The first-order valence-electron chi connectivity index (χ1n) is 9.54. The molecular formula is C17H38O6P2. The molecule has 0 amide bonds. The van der Waals surface area contributed by atoms with Crippen LogP contribution in [-0.4, -0.2) is 33.3 Å². The smallest absolute Gasteiger partial charge is 0.311 e. The summed E-state index contributed by atoms with van der Waals surface area (Å²) in [6.45, 7) is 4.99. The average Bonchev–Trinajstić information content (AvgIpc) is 2.61. The SMILES string of the molecule is CCCCCCCOP(=O)(CP(=O)(OC)OC)OCCCCCCC. The highest BCUT2D eigenvalue weighted by atomic mass is 31.2. The Balaban J connectivity index is 4.43. The molecule has 152 valence electrons. The molecule has 0 fully saturated rings. The lowest BCUT2D eigenvalue weighted by atomic mass is 10.2. The zero-order chi connectivity index (χ0) is 19.0. The summed E-state index contributed by atoms with van der Waals surface area (Å²) in [7, 11) is -4.38. The minimum atomic E-state index is -3.50. The van der Waals surface area contributed by atoms with E-state index in [1.54, 1.807) is 0 Å². The van der Waals surface area contributed by atoms with Gasteiger partial charge in [-0.2, -0.15) is 0 Å². The molecule has 0 radical (unpaired) electrons. The third-order valence-corrected chi connectivity index (χ3v) is 9.01. The Bertz CT molecular complexity index is 375. The fourth-order valence-electron chi connectivity index (χ4n) is 2.34. The molecule has 8 heteroatoms. The Morgan fingerprint density at radius 3 is 1.36 bits per heavy atom. The Kier molecular flexibility index (Phi) is 15.6. The minimum Gasteiger partial charge on any atom is -0.311 e. The van der Waals surface area contributed by atoms with Crippen molar-refractivity contribution in [3.8, 4) is 0 Å². The van der Waals surface area contributed by atoms with Crippen LogP contribution in [0.3, 0.4) is 0 Å². The van der Waals surface area contributed by atoms with Crippen molar-refractivity contribution in [3.05, 3.63) is 0 Å². The molecule has 0 saturated heterocycles. The lowest BCUT2D eigenvalue weighted by molar-refractivity contribution is 0.197. The van der Waals surface area contributed by atoms with Gasteiger partial charge < -0.3 is 18.1 Å². The van der Waals surface area contributed by atoms with Gasteiger partial charge in [0.2, 0.25) is 0 Å². The summed E-state index contributed by atoms with van der Waals surface area (Å²) >= 11 is 0. The maximum Gasteiger partial charge on any atom is 0.342 e. The molecule has 0 aliphatic rings. The monoisotopic (exact) mass is 400 g/mol. The maximum atomic E-state index is 12.9. The topological polar surface area (TPSA) is 71.1 Å². The molecule has 0 aliphatic heterocycles. The predicted molar refractivity (Wildman–Crippen MR) is 104 cm³/mol. The first-order valence-corrected chi connectivity index (χ1v) is 13.0. The van der Waals surface area contributed by atoms with Crippen molar-refractivity contribution in [2.75, 3.05) is 33.3 Å². The van der Waals surface area contributed by atoms with Crippen LogP contribution in [0, 0.1) is 0 Å². The van der Waals surface area contributed by atoms with Gasteiger partial charge in [-0.1, -0.05) is 65.2 Å². The summed E-state index contributed by atoms with van der Waals surface area (Å²) in [5.74, 6) is -0.336. The molecule has 0 unspecified atom stereocenters. The van der Waals surface area contributed by atoms with Gasteiger partial charge in [0.05, 0.1) is 13.2 Å². The Morgan fingerprint density at radius 2 is 1.00 bits per heavy atom. The van der Waals surface area contributed by atoms with Crippen LogP contribution in [0.15, 0.2) is 0 Å². The molecule has 0 heterocycles. The highest BCUT2D eigenvalue weighted by molar-refractivity contribution is 7.71. The number of unbranched alkanes of at least 4 members (excludes halogenated alkanes) is 8. The van der Waals surface area contributed by atoms with Gasteiger partial charge in [-0.3, -0.25) is 9.13 Å². The normalized spacial score (nSPS) is 12.6. The van der Waals surface area contributed by atoms with E-state index in [2.05, 4.69) is 13.8 Å². The molecule has 0 aromatic rings. The Morgan fingerprint density at radius 1 is 0.600 bits per heavy atom. The predicted octanol–water partition coefficient (Wildman–Crippen LogP) is 6.60. The van der Waals surface area contributed by atoms with Crippen LogP contribution in [0.2, 0.25) is 0 Å². The molecule has 0 bridgehead atoms. The van der Waals surface area contributed by atoms with Crippen molar-refractivity contribution in [1.29, 1.82) is 0 Å². The van der Waals surface area contributed by atoms with Crippen molar-refractivity contribution >= 4 is 15.2 Å². The van der Waals surface area contributed by atoms with E-state index in [4.69, 9.17) is 18.1 Å². The largest absolute Gasteiger partial charge is 0.342 e. The van der Waals surface area contributed by atoms with Gasteiger partial charge in [-0.15, -0.1) is 0 Å². The number of hydrogen-bond donors (Lipinski definition) is 0. The first kappa shape index (κ1) is 25.3. The van der Waals surface area contributed by atoms with E-state index in [0.29, 0.717) is 13.2 Å². The second-order valence-corrected chi connectivity index (χ2v) is 11.0. The van der Waals surface area contributed by atoms with Gasteiger partial charge in [0.25, 0.3) is 0 Å². The maximum absolute atomic E-state index is 12.9. The molecule has 0 atom stereocenters. The van der Waals surface area contributed by atoms with Gasteiger partial charge in [0.15, 0.2) is 5.90 Å². The van der Waals surface area contributed by atoms with Crippen LogP contribution >= 0.6 is 15.2 Å². The van der Waals surface area contributed by atoms with Gasteiger partial charge >= 0.3 is 15.2 Å². The standard InChI is InChI=1S/C17H38O6P2/c1-5-7-9-11-13-15-22-25(19,17-24(18,20-3)21-4)23-16-14-12-10-8-6-2/h5-17H2,1-4H3. The molecule has 0 saturated carbocycles. The van der Waals surface area contributed by atoms with E-state index in [1.807, 2.05) is 0 Å². The van der Waals surface area contributed by atoms with Crippen molar-refractivity contribution < 1.29 is 27.2 Å². The molecule has 0 rings (SSSR count). The van der Waals surface area contributed by atoms with Gasteiger partial charge in [0, 0.05) is 14.2 Å². The molecule has 25 heavy (non-hydrogen) atoms. The number of hydrogen-bond acceptors (Lipinski definition) is 6. The summed E-state index contributed by atoms with van der Waals surface area (Å²) in [5, 5.41) is 0. The minimum absolute atomic E-state index is 0.336. The van der Waals surface area contributed by atoms with Crippen molar-refractivity contribution in [2.45, 2.75) is 78.1 Å². The van der Waals surface area contributed by atoms with Gasteiger partial charge in [-0.05, 0) is 12.8 Å². The second-order valence-electron chi connectivity index (χ2n) is 6.22. The van der Waals surface area contributed by atoms with E-state index >= 15 is 0 Å². The van der Waals surface area contributed by atoms with Gasteiger partial charge in [0.1, 0.15) is 0 Å². The van der Waals surface area contributed by atoms with Crippen LogP contribution in [0.5, 0.6) is 0 Å². The fraction of sp³-hybridized carbons (Fsp3) is 1.00. The Hall–Kier alpha value is 0.300. The number of rotatable bonds is 18. The van der Waals surface area contributed by atoms with Crippen LogP contribution in [0.25, 0.3) is 0 Å². The summed E-state index contributed by atoms with van der Waals surface area (Å²) in [4.78, 5) is 0. The Labute approximate surface area is 154 Å². The zero-order valence-corrected chi connectivity index (χ0v) is 18.3. The highest BCUT2D eigenvalue weighted by Gasteiger charge is 2.37. The molecule has 0 aromatic carbocycles. The summed E-state index contributed by atoms with van der Waals surface area (Å²) in [5.41, 5.74) is 0. The fourth-order valence-corrected chi connectivity index (χ4v) is 6.65. The molecule has 0 N–H and O–H groups in total. The van der Waals surface area contributed by atoms with Crippen LogP contribution in [-0.2, 0) is 27.2 Å². The highest BCUT2D eigenvalue weighted by Crippen LogP contribution is 2.63. The molecule has 0 spiro atoms. The van der Waals surface area contributed by atoms with E-state index in [1.165, 1.54) is 39.9 Å². The first-order chi connectivity index (χ1) is 11.9. The average molecular weight is 400 g/mol. The van der Waals surface area contributed by atoms with E-state index < -0.39 is 15.2 Å². The van der Waals surface area contributed by atoms with Crippen molar-refractivity contribution in [2.24, 2.45) is 0 Å². The van der Waals surface area contributed by atoms with E-state index in [0.717, 1.165) is 38.5 Å². The third kappa shape index (κ3) is 13.2. The summed E-state index contributed by atoms with van der Waals surface area (Å²) in [6.07, 6.45) is 10.7. The summed E-state index contributed by atoms with van der Waals surface area (Å²) in [6, 6.07) is 0. The van der Waals surface area contributed by atoms with E-state index in [9.17, 15) is 9.13 Å². The summed E-state index contributed by atoms with van der Waals surface area (Å²) < 4.78 is 46.2. The zero-order valence-electron chi connectivity index (χ0n) is 16.5. The molecule has 6 nitrogen and oxygen atoms in total. The molecule has 0 aromatic heterocycles. The van der Waals surface area contributed by atoms with Gasteiger partial charge in [-0.25, -0.2) is 0 Å². The third-order valence-electron chi connectivity index (χ3n) is 3.97. The molecular weight excluding hydrogens is 362 g/mol. The van der Waals surface area contributed by atoms with Crippen LogP contribution in [0.1, 0.15) is 78.1 Å². The van der Waals surface area contributed by atoms with Crippen LogP contribution in [0.4, 0.5) is 0 Å².